The van der Waals surface area contributed by atoms with Crippen LogP contribution in [0.3, 0.4) is 0 Å². The standard InChI is InChI=1S/C9H14ClNO3S2/c10-3-1-5-16(13,14)11-6-9(12)8-2-4-15-7-8/h2,4,7,9,11-12H,1,3,5-6H2. The van der Waals surface area contributed by atoms with Gasteiger partial charge >= 0.3 is 0 Å². The molecule has 0 aromatic carbocycles. The van der Waals surface area contributed by atoms with Crippen LogP contribution in [0.15, 0.2) is 16.8 Å². The molecule has 16 heavy (non-hydrogen) atoms. The number of aliphatic hydroxyl groups is 1. The summed E-state index contributed by atoms with van der Waals surface area (Å²) in [6.45, 7) is 0.00134. The van der Waals surface area contributed by atoms with Crippen molar-refractivity contribution in [3.63, 3.8) is 0 Å². The molecular weight excluding hydrogens is 270 g/mol. The van der Waals surface area contributed by atoms with Crippen LogP contribution in [0.4, 0.5) is 0 Å². The van der Waals surface area contributed by atoms with Crippen molar-refractivity contribution in [3.05, 3.63) is 22.4 Å². The molecule has 1 aromatic rings. The monoisotopic (exact) mass is 283 g/mol. The van der Waals surface area contributed by atoms with Crippen molar-refractivity contribution < 1.29 is 13.5 Å². The molecule has 0 saturated heterocycles. The third kappa shape index (κ3) is 4.80. The van der Waals surface area contributed by atoms with E-state index in [4.69, 9.17) is 11.6 Å². The molecule has 4 nitrogen and oxygen atoms in total. The minimum absolute atomic E-state index is 0.00134. The number of hydrogen-bond acceptors (Lipinski definition) is 4. The van der Waals surface area contributed by atoms with Crippen molar-refractivity contribution in [1.82, 2.24) is 4.72 Å². The molecule has 0 aliphatic heterocycles. The van der Waals surface area contributed by atoms with Crippen molar-refractivity contribution in [2.45, 2.75) is 12.5 Å². The van der Waals surface area contributed by atoms with Crippen LogP contribution in [0.1, 0.15) is 18.1 Å². The molecule has 0 amide bonds. The van der Waals surface area contributed by atoms with Crippen molar-refractivity contribution >= 4 is 33.0 Å². The van der Waals surface area contributed by atoms with Gasteiger partial charge in [-0.2, -0.15) is 11.3 Å². The molecule has 0 aliphatic rings. The summed E-state index contributed by atoms with van der Waals surface area (Å²) in [6.07, 6.45) is -0.386. The Bertz CT molecular complexity index is 391. The highest BCUT2D eigenvalue weighted by atomic mass is 35.5. The predicted molar refractivity (Wildman–Crippen MR) is 66.4 cm³/mol. The highest BCUT2D eigenvalue weighted by Crippen LogP contribution is 2.15. The lowest BCUT2D eigenvalue weighted by atomic mass is 10.2. The van der Waals surface area contributed by atoms with E-state index in [9.17, 15) is 13.5 Å². The first kappa shape index (κ1) is 13.9. The molecule has 1 atom stereocenters. The first-order valence-corrected chi connectivity index (χ1v) is 7.91. The summed E-state index contributed by atoms with van der Waals surface area (Å²) in [6, 6.07) is 1.77. The molecule has 0 aliphatic carbocycles. The Labute approximate surface area is 104 Å². The van der Waals surface area contributed by atoms with Crippen LogP contribution in [0, 0.1) is 0 Å². The molecule has 0 spiro atoms. The molecule has 7 heteroatoms. The second kappa shape index (κ2) is 6.56. The van der Waals surface area contributed by atoms with Gasteiger partial charge in [-0.3, -0.25) is 0 Å². The summed E-state index contributed by atoms with van der Waals surface area (Å²) in [5, 5.41) is 13.3. The van der Waals surface area contributed by atoms with Crippen LogP contribution in [-0.2, 0) is 10.0 Å². The van der Waals surface area contributed by atoms with Crippen LogP contribution in [0.25, 0.3) is 0 Å². The average molecular weight is 284 g/mol. The zero-order valence-electron chi connectivity index (χ0n) is 8.60. The lowest BCUT2D eigenvalue weighted by molar-refractivity contribution is 0.182. The summed E-state index contributed by atoms with van der Waals surface area (Å²) in [5.74, 6) is 0.306. The molecule has 1 aromatic heterocycles. The number of thiophene rings is 1. The van der Waals surface area contributed by atoms with E-state index in [1.165, 1.54) is 11.3 Å². The summed E-state index contributed by atoms with van der Waals surface area (Å²) in [5.41, 5.74) is 0.727. The Morgan fingerprint density at radius 2 is 2.31 bits per heavy atom. The normalized spacial score (nSPS) is 13.9. The van der Waals surface area contributed by atoms with Gasteiger partial charge in [-0.15, -0.1) is 11.6 Å². The Morgan fingerprint density at radius 3 is 2.88 bits per heavy atom. The minimum atomic E-state index is -3.32. The molecule has 1 unspecified atom stereocenters. The van der Waals surface area contributed by atoms with Crippen molar-refractivity contribution in [1.29, 1.82) is 0 Å². The molecule has 0 bridgehead atoms. The van der Waals surface area contributed by atoms with Crippen molar-refractivity contribution in [3.8, 4) is 0 Å². The largest absolute Gasteiger partial charge is 0.387 e. The van der Waals surface area contributed by atoms with Crippen LogP contribution >= 0.6 is 22.9 Å². The van der Waals surface area contributed by atoms with Gasteiger partial charge in [0, 0.05) is 12.4 Å². The average Bonchev–Trinajstić information content (AvgIpc) is 2.77. The summed E-state index contributed by atoms with van der Waals surface area (Å²) >= 11 is 6.87. The first-order chi connectivity index (χ1) is 7.55. The quantitative estimate of drug-likeness (QED) is 0.742. The van der Waals surface area contributed by atoms with Gasteiger partial charge in [0.15, 0.2) is 0 Å². The van der Waals surface area contributed by atoms with Gasteiger partial charge in [-0.05, 0) is 28.8 Å². The third-order valence-corrected chi connectivity index (χ3v) is 4.37. The topological polar surface area (TPSA) is 66.4 Å². The van der Waals surface area contributed by atoms with Crippen LogP contribution in [0.2, 0.25) is 0 Å². The molecule has 0 saturated carbocycles. The van der Waals surface area contributed by atoms with Crippen LogP contribution in [0.5, 0.6) is 0 Å². The van der Waals surface area contributed by atoms with E-state index in [0.29, 0.717) is 12.3 Å². The number of sulfonamides is 1. The minimum Gasteiger partial charge on any atom is -0.387 e. The van der Waals surface area contributed by atoms with E-state index in [-0.39, 0.29) is 12.3 Å². The first-order valence-electron chi connectivity index (χ1n) is 4.78. The summed E-state index contributed by atoms with van der Waals surface area (Å²) < 4.78 is 25.1. The van der Waals surface area contributed by atoms with E-state index >= 15 is 0 Å². The maximum Gasteiger partial charge on any atom is 0.211 e. The Kier molecular flexibility index (Phi) is 5.71. The lowest BCUT2D eigenvalue weighted by Gasteiger charge is -2.10. The zero-order valence-corrected chi connectivity index (χ0v) is 11.0. The summed E-state index contributed by atoms with van der Waals surface area (Å²) in [4.78, 5) is 0. The maximum absolute atomic E-state index is 11.4. The lowest BCUT2D eigenvalue weighted by Crippen LogP contribution is -2.30. The Balaban J connectivity index is 2.39. The van der Waals surface area contributed by atoms with Gasteiger partial charge in [0.2, 0.25) is 10.0 Å². The summed E-state index contributed by atoms with van der Waals surface area (Å²) in [7, 11) is -3.32. The van der Waals surface area contributed by atoms with Crippen molar-refractivity contribution in [2.75, 3.05) is 18.2 Å². The Hall–Kier alpha value is -0.140. The van der Waals surface area contributed by atoms with Crippen molar-refractivity contribution in [2.24, 2.45) is 0 Å². The zero-order chi connectivity index (χ0) is 12.0. The highest BCUT2D eigenvalue weighted by Gasteiger charge is 2.13. The highest BCUT2D eigenvalue weighted by molar-refractivity contribution is 7.89. The second-order valence-electron chi connectivity index (χ2n) is 3.28. The third-order valence-electron chi connectivity index (χ3n) is 1.97. The smallest absolute Gasteiger partial charge is 0.211 e. The van der Waals surface area contributed by atoms with Crippen LogP contribution in [-0.4, -0.2) is 31.7 Å². The maximum atomic E-state index is 11.4. The number of nitrogens with one attached hydrogen (secondary N) is 1. The number of rotatable bonds is 7. The molecule has 1 rings (SSSR count). The van der Waals surface area contributed by atoms with E-state index in [1.54, 1.807) is 11.4 Å². The molecule has 1 heterocycles. The second-order valence-corrected chi connectivity index (χ2v) is 6.37. The van der Waals surface area contributed by atoms with E-state index < -0.39 is 16.1 Å². The van der Waals surface area contributed by atoms with Crippen LogP contribution < -0.4 is 4.72 Å². The molecule has 0 fully saturated rings. The fourth-order valence-electron chi connectivity index (χ4n) is 1.11. The molecule has 0 radical (unpaired) electrons. The predicted octanol–water partition coefficient (Wildman–Crippen LogP) is 1.33. The van der Waals surface area contributed by atoms with Gasteiger partial charge in [-0.25, -0.2) is 13.1 Å². The Morgan fingerprint density at radius 1 is 1.56 bits per heavy atom. The van der Waals surface area contributed by atoms with Gasteiger partial charge in [0.1, 0.15) is 0 Å². The number of alkyl halides is 1. The van der Waals surface area contributed by atoms with Gasteiger partial charge in [0.25, 0.3) is 0 Å². The van der Waals surface area contributed by atoms with E-state index in [0.717, 1.165) is 5.56 Å². The van der Waals surface area contributed by atoms with Gasteiger partial charge < -0.3 is 5.11 Å². The van der Waals surface area contributed by atoms with Gasteiger partial charge in [0.05, 0.1) is 11.9 Å². The number of hydrogen-bond donors (Lipinski definition) is 2. The SMILES string of the molecule is O=S(=O)(CCCCl)NCC(O)c1ccsc1. The van der Waals surface area contributed by atoms with E-state index in [1.807, 2.05) is 5.38 Å². The fourth-order valence-corrected chi connectivity index (χ4v) is 3.18. The van der Waals surface area contributed by atoms with Gasteiger partial charge in [-0.1, -0.05) is 0 Å². The molecule has 2 N–H and O–H groups in total. The molecular formula is C9H14ClNO3S2. The number of aliphatic hydroxyl groups excluding tert-OH is 1. The van der Waals surface area contributed by atoms with E-state index in [2.05, 4.69) is 4.72 Å². The number of halogens is 1. The fraction of sp³-hybridized carbons (Fsp3) is 0.556. The molecule has 92 valence electrons.